The van der Waals surface area contributed by atoms with Crippen LogP contribution in [-0.4, -0.2) is 66.4 Å². The molecule has 156 valence electrons. The van der Waals surface area contributed by atoms with Crippen molar-refractivity contribution in [2.24, 2.45) is 12.0 Å². The van der Waals surface area contributed by atoms with E-state index < -0.39 is 0 Å². The van der Waals surface area contributed by atoms with Gasteiger partial charge in [0, 0.05) is 50.9 Å². The topological polar surface area (TPSA) is 83.8 Å². The first-order chi connectivity index (χ1) is 14.1. The number of aromatic nitrogens is 2. The molecule has 1 aromatic carbocycles. The molecule has 1 fully saturated rings. The van der Waals surface area contributed by atoms with Gasteiger partial charge in [-0.15, -0.1) is 0 Å². The van der Waals surface area contributed by atoms with Gasteiger partial charge in [-0.2, -0.15) is 5.10 Å². The van der Waals surface area contributed by atoms with Crippen LogP contribution >= 0.6 is 0 Å². The molecule has 8 nitrogen and oxygen atoms in total. The van der Waals surface area contributed by atoms with E-state index in [1.807, 2.05) is 17.9 Å². The number of guanidine groups is 1. The first-order valence-corrected chi connectivity index (χ1v) is 10.0. The van der Waals surface area contributed by atoms with Crippen molar-refractivity contribution in [2.75, 3.05) is 39.8 Å². The Hall–Kier alpha value is -3.03. The summed E-state index contributed by atoms with van der Waals surface area (Å²) in [7, 11) is 3.55. The summed E-state index contributed by atoms with van der Waals surface area (Å²) < 4.78 is 6.97. The number of rotatable bonds is 7. The Labute approximate surface area is 171 Å². The van der Waals surface area contributed by atoms with E-state index in [4.69, 9.17) is 9.73 Å². The number of hydrogen-bond donors (Lipinski definition) is 2. The number of methoxy groups -OCH3 is 1. The van der Waals surface area contributed by atoms with E-state index in [1.54, 1.807) is 31.4 Å². The molecule has 0 saturated carbocycles. The molecule has 8 heteroatoms. The number of nitrogens with one attached hydrogen (secondary N) is 2. The lowest BCUT2D eigenvalue weighted by Gasteiger charge is -2.21. The van der Waals surface area contributed by atoms with Crippen molar-refractivity contribution >= 4 is 11.9 Å². The maximum Gasteiger partial charge on any atom is 0.251 e. The zero-order valence-corrected chi connectivity index (χ0v) is 17.4. The number of hydrogen-bond acceptors (Lipinski definition) is 4. The predicted octanol–water partition coefficient (Wildman–Crippen LogP) is 1.61. The minimum Gasteiger partial charge on any atom is -0.497 e. The summed E-state index contributed by atoms with van der Waals surface area (Å²) in [6.07, 6.45) is 5.13. The highest BCUT2D eigenvalue weighted by Gasteiger charge is 2.26. The van der Waals surface area contributed by atoms with Crippen LogP contribution in [0.3, 0.4) is 0 Å². The van der Waals surface area contributed by atoms with E-state index in [2.05, 4.69) is 33.8 Å². The number of aryl methyl sites for hydroxylation is 1. The third kappa shape index (κ3) is 5.49. The summed E-state index contributed by atoms with van der Waals surface area (Å²) in [5, 5.41) is 10.6. The van der Waals surface area contributed by atoms with E-state index >= 15 is 0 Å². The largest absolute Gasteiger partial charge is 0.497 e. The Kier molecular flexibility index (Phi) is 7.10. The molecule has 1 aliphatic heterocycles. The highest BCUT2D eigenvalue weighted by molar-refractivity contribution is 5.94. The second-order valence-corrected chi connectivity index (χ2v) is 7.10. The summed E-state index contributed by atoms with van der Waals surface area (Å²) in [6, 6.07) is 7.07. The highest BCUT2D eigenvalue weighted by Crippen LogP contribution is 2.26. The summed E-state index contributed by atoms with van der Waals surface area (Å²) in [5.74, 6) is 2.00. The van der Waals surface area contributed by atoms with Gasteiger partial charge in [-0.25, -0.2) is 0 Å². The number of amides is 1. The molecule has 1 aliphatic rings. The molecule has 0 aliphatic carbocycles. The van der Waals surface area contributed by atoms with Crippen LogP contribution < -0.4 is 15.4 Å². The molecule has 3 rings (SSSR count). The maximum atomic E-state index is 12.2. The van der Waals surface area contributed by atoms with Crippen molar-refractivity contribution < 1.29 is 9.53 Å². The average molecular weight is 399 g/mol. The first-order valence-electron chi connectivity index (χ1n) is 10.0. The second-order valence-electron chi connectivity index (χ2n) is 7.10. The van der Waals surface area contributed by atoms with Gasteiger partial charge in [0.1, 0.15) is 5.75 Å². The van der Waals surface area contributed by atoms with Crippen molar-refractivity contribution in [1.29, 1.82) is 0 Å². The number of likely N-dealkylation sites (tertiary alicyclic amines) is 1. The molecule has 1 amide bonds. The summed E-state index contributed by atoms with van der Waals surface area (Å²) >= 11 is 0. The van der Waals surface area contributed by atoms with Crippen molar-refractivity contribution in [3.8, 4) is 5.75 Å². The lowest BCUT2D eigenvalue weighted by atomic mass is 10.0. The standard InChI is InChI=1S/C21H30N6O2/c1-4-22-21(27-12-9-17(15-27)18-13-25-26(2)14-18)24-11-10-23-20(28)16-5-7-19(29-3)8-6-16/h5-8,13-14,17H,4,9-12,15H2,1-3H3,(H,22,24)(H,23,28). The lowest BCUT2D eigenvalue weighted by molar-refractivity contribution is 0.0954. The fourth-order valence-electron chi connectivity index (χ4n) is 3.48. The number of aliphatic imine (C=N–C) groups is 1. The fraction of sp³-hybridized carbons (Fsp3) is 0.476. The molecule has 1 aromatic heterocycles. The van der Waals surface area contributed by atoms with Crippen molar-refractivity contribution in [2.45, 2.75) is 19.3 Å². The first kappa shape index (κ1) is 20.7. The lowest BCUT2D eigenvalue weighted by Crippen LogP contribution is -2.40. The summed E-state index contributed by atoms with van der Waals surface area (Å²) in [5.41, 5.74) is 1.89. The van der Waals surface area contributed by atoms with Gasteiger partial charge in [0.25, 0.3) is 5.91 Å². The minimum atomic E-state index is -0.106. The monoisotopic (exact) mass is 398 g/mol. The molecule has 0 spiro atoms. The molecule has 2 aromatic rings. The zero-order valence-electron chi connectivity index (χ0n) is 17.4. The smallest absolute Gasteiger partial charge is 0.251 e. The highest BCUT2D eigenvalue weighted by atomic mass is 16.5. The van der Waals surface area contributed by atoms with E-state index in [-0.39, 0.29) is 5.91 Å². The Morgan fingerprint density at radius 3 is 2.76 bits per heavy atom. The molecule has 2 heterocycles. The van der Waals surface area contributed by atoms with Crippen molar-refractivity contribution in [3.05, 3.63) is 47.8 Å². The molecule has 1 atom stereocenters. The molecule has 29 heavy (non-hydrogen) atoms. The molecule has 2 N–H and O–H groups in total. The van der Waals surface area contributed by atoms with E-state index in [0.717, 1.165) is 37.8 Å². The molecular formula is C21H30N6O2. The van der Waals surface area contributed by atoms with Gasteiger partial charge in [0.15, 0.2) is 5.96 Å². The van der Waals surface area contributed by atoms with E-state index in [0.29, 0.717) is 24.6 Å². The van der Waals surface area contributed by atoms with Crippen molar-refractivity contribution in [1.82, 2.24) is 25.3 Å². The number of benzene rings is 1. The van der Waals surface area contributed by atoms with Crippen LogP contribution in [0.2, 0.25) is 0 Å². The van der Waals surface area contributed by atoms with Gasteiger partial charge in [0.05, 0.1) is 19.9 Å². The van der Waals surface area contributed by atoms with Gasteiger partial charge < -0.3 is 20.3 Å². The van der Waals surface area contributed by atoms with Crippen LogP contribution in [0.25, 0.3) is 0 Å². The second kappa shape index (κ2) is 9.95. The molecule has 0 radical (unpaired) electrons. The number of carbonyl (C=O) groups is 1. The maximum absolute atomic E-state index is 12.2. The summed E-state index contributed by atoms with van der Waals surface area (Å²) in [4.78, 5) is 19.2. The quantitative estimate of drug-likeness (QED) is 0.421. The average Bonchev–Trinajstić information content (AvgIpc) is 3.39. The van der Waals surface area contributed by atoms with Gasteiger partial charge >= 0.3 is 0 Å². The fourth-order valence-corrected chi connectivity index (χ4v) is 3.48. The predicted molar refractivity (Wildman–Crippen MR) is 113 cm³/mol. The van der Waals surface area contributed by atoms with Crippen LogP contribution in [0.1, 0.15) is 35.2 Å². The normalized spacial score (nSPS) is 16.7. The Bertz CT molecular complexity index is 830. The van der Waals surface area contributed by atoms with Crippen LogP contribution in [0.4, 0.5) is 0 Å². The van der Waals surface area contributed by atoms with Gasteiger partial charge in [-0.05, 0) is 43.2 Å². The molecule has 1 saturated heterocycles. The van der Waals surface area contributed by atoms with Gasteiger partial charge in [-0.3, -0.25) is 14.5 Å². The third-order valence-corrected chi connectivity index (χ3v) is 5.03. The SMILES string of the molecule is CCNC(=NCCNC(=O)c1ccc(OC)cc1)N1CCC(c2cnn(C)c2)C1. The van der Waals surface area contributed by atoms with E-state index in [1.165, 1.54) is 5.56 Å². The van der Waals surface area contributed by atoms with Gasteiger partial charge in [0.2, 0.25) is 0 Å². The number of ether oxygens (including phenoxy) is 1. The van der Waals surface area contributed by atoms with Crippen LogP contribution in [-0.2, 0) is 7.05 Å². The summed E-state index contributed by atoms with van der Waals surface area (Å²) in [6.45, 7) is 5.78. The molecule has 0 bridgehead atoms. The third-order valence-electron chi connectivity index (χ3n) is 5.03. The molecular weight excluding hydrogens is 368 g/mol. The van der Waals surface area contributed by atoms with Crippen LogP contribution in [0.5, 0.6) is 5.75 Å². The molecule has 1 unspecified atom stereocenters. The van der Waals surface area contributed by atoms with Crippen LogP contribution in [0.15, 0.2) is 41.7 Å². The van der Waals surface area contributed by atoms with Crippen molar-refractivity contribution in [3.63, 3.8) is 0 Å². The van der Waals surface area contributed by atoms with Gasteiger partial charge in [-0.1, -0.05) is 0 Å². The van der Waals surface area contributed by atoms with E-state index in [9.17, 15) is 4.79 Å². The number of nitrogens with zero attached hydrogens (tertiary/aromatic N) is 4. The minimum absolute atomic E-state index is 0.106. The van der Waals surface area contributed by atoms with Crippen LogP contribution in [0, 0.1) is 0 Å². The Morgan fingerprint density at radius 1 is 1.31 bits per heavy atom. The Balaban J connectivity index is 1.50. The Morgan fingerprint density at radius 2 is 2.10 bits per heavy atom. The zero-order chi connectivity index (χ0) is 20.6. The number of carbonyl (C=O) groups excluding carboxylic acids is 1.